The molecule has 3 fully saturated rings. The Balaban J connectivity index is 0.000000156. The number of hydrogen-bond donors (Lipinski definition) is 3. The van der Waals surface area contributed by atoms with Crippen LogP contribution in [0.4, 0.5) is 0 Å². The molecule has 3 aromatic carbocycles. The number of halogens is 6. The number of H-pyrrole nitrogens is 1. The monoisotopic (exact) mass is 1100 g/mol. The molecule has 24 heteroatoms. The van der Waals surface area contributed by atoms with Gasteiger partial charge in [-0.3, -0.25) is 14.4 Å². The van der Waals surface area contributed by atoms with Crippen molar-refractivity contribution in [3.8, 4) is 34.4 Å². The number of carbonyl (C=O) groups excluding carboxylic acids is 1. The van der Waals surface area contributed by atoms with E-state index in [9.17, 15) is 14.4 Å². The van der Waals surface area contributed by atoms with E-state index in [1.165, 1.54) is 37.1 Å². The number of aliphatic carboxylic acids is 2. The minimum absolute atomic E-state index is 0.0237. The van der Waals surface area contributed by atoms with Crippen molar-refractivity contribution in [3.05, 3.63) is 89.6 Å². The van der Waals surface area contributed by atoms with Crippen LogP contribution in [0.2, 0.25) is 30.1 Å². The van der Waals surface area contributed by atoms with Crippen molar-refractivity contribution in [2.45, 2.75) is 85.7 Å². The smallest absolute Gasteiger partial charge is 0.308 e. The fourth-order valence-corrected chi connectivity index (χ4v) is 11.2. The highest BCUT2D eigenvalue weighted by molar-refractivity contribution is 7.99. The first-order valence-corrected chi connectivity index (χ1v) is 25.3. The summed E-state index contributed by atoms with van der Waals surface area (Å²) < 4.78 is 21.0. The molecule has 0 aliphatic heterocycles. The van der Waals surface area contributed by atoms with E-state index in [4.69, 9.17) is 105 Å². The van der Waals surface area contributed by atoms with Gasteiger partial charge in [0.05, 0.1) is 56.6 Å². The number of ether oxygens (including phenoxy) is 1. The number of benzene rings is 3. The van der Waals surface area contributed by atoms with Gasteiger partial charge in [0.25, 0.3) is 15.3 Å². The highest BCUT2D eigenvalue weighted by atomic mass is 35.5. The summed E-state index contributed by atoms with van der Waals surface area (Å²) >= 11 is 43.2. The predicted molar refractivity (Wildman–Crippen MR) is 264 cm³/mol. The molecule has 6 atom stereocenters. The highest BCUT2D eigenvalue weighted by Crippen LogP contribution is 2.41. The van der Waals surface area contributed by atoms with Gasteiger partial charge in [0, 0.05) is 25.6 Å². The van der Waals surface area contributed by atoms with Crippen LogP contribution in [0.15, 0.2) is 78.3 Å². The van der Waals surface area contributed by atoms with E-state index in [0.29, 0.717) is 107 Å². The van der Waals surface area contributed by atoms with Gasteiger partial charge >= 0.3 is 17.9 Å². The lowest BCUT2D eigenvalue weighted by molar-refractivity contribution is -0.145. The van der Waals surface area contributed by atoms with Crippen molar-refractivity contribution in [3.63, 3.8) is 0 Å². The standard InChI is InChI=1S/2C14H12Cl2N2O3S.C8H4Cl2N2OS.C8H14O2/c2*15-8-2-4-10(11(16)6-8)12-17-18-14(21-12)22-9-3-1-7(5-9)13(19)20;9-4-1-2-5(6(10)3-4)7-11-12-8(14)13-7;1-6-3-4-7(5-6)8(9)10-2/h2*2,4,6-7,9H,1,3,5H2,(H,19,20);1-3H,(H,12,14);6-7H,3-5H2,1-2H3/t7-,9+;7-,9-;;/m11../s1. The van der Waals surface area contributed by atoms with Gasteiger partial charge < -0.3 is 28.2 Å². The molecule has 3 aliphatic carbocycles. The van der Waals surface area contributed by atoms with Gasteiger partial charge in [0.15, 0.2) is 0 Å². The van der Waals surface area contributed by atoms with Gasteiger partial charge in [-0.1, -0.05) is 100 Å². The lowest BCUT2D eigenvalue weighted by atomic mass is 10.1. The first-order valence-electron chi connectivity index (χ1n) is 20.9. The van der Waals surface area contributed by atoms with E-state index >= 15 is 0 Å². The molecule has 6 aromatic rings. The first kappa shape index (κ1) is 53.5. The molecule has 0 saturated heterocycles. The molecule has 9 rings (SSSR count). The normalized spacial score (nSPS) is 20.6. The molecule has 0 radical (unpaired) electrons. The van der Waals surface area contributed by atoms with Gasteiger partial charge in [-0.15, -0.1) is 25.5 Å². The van der Waals surface area contributed by atoms with Crippen molar-refractivity contribution in [1.82, 2.24) is 30.6 Å². The minimum atomic E-state index is -0.734. The molecular weight excluding hydrogens is 1070 g/mol. The average molecular weight is 1110 g/mol. The Morgan fingerprint density at radius 3 is 1.38 bits per heavy atom. The number of esters is 1. The van der Waals surface area contributed by atoms with Gasteiger partial charge in [-0.2, -0.15) is 0 Å². The maximum atomic E-state index is 11.0. The number of carbonyl (C=O) groups is 3. The molecule has 2 unspecified atom stereocenters. The highest BCUT2D eigenvalue weighted by Gasteiger charge is 2.33. The fourth-order valence-electron chi connectivity index (χ4n) is 7.48. The fraction of sp³-hybridized carbons (Fsp3) is 0.386. The lowest BCUT2D eigenvalue weighted by Crippen LogP contribution is -2.12. The van der Waals surface area contributed by atoms with Crippen molar-refractivity contribution in [2.24, 2.45) is 23.7 Å². The van der Waals surface area contributed by atoms with Crippen LogP contribution in [-0.4, -0.2) is 76.3 Å². The number of aromatic amines is 1. The van der Waals surface area contributed by atoms with Crippen LogP contribution < -0.4 is 0 Å². The molecule has 0 spiro atoms. The van der Waals surface area contributed by atoms with E-state index in [2.05, 4.69) is 42.3 Å². The summed E-state index contributed by atoms with van der Waals surface area (Å²) in [5, 5.41) is 44.6. The zero-order chi connectivity index (χ0) is 49.1. The van der Waals surface area contributed by atoms with Crippen LogP contribution in [0.1, 0.15) is 64.7 Å². The quantitative estimate of drug-likeness (QED) is 0.0857. The van der Waals surface area contributed by atoms with E-state index in [-0.39, 0.29) is 39.1 Å². The SMILES string of the molecule is COC(=O)C1CCC(C)C1.O=C(O)[C@@H]1CC[C@@H](Sc2nnc(-c3ccc(Cl)cc3Cl)o2)C1.O=C(O)[C@@H]1CC[C@H](Sc2nnc(-c3ccc(Cl)cc3Cl)o2)C1.S=c1[nH]nc(-c2ccc(Cl)cc2Cl)o1. The van der Waals surface area contributed by atoms with E-state index in [1.54, 1.807) is 54.6 Å². The van der Waals surface area contributed by atoms with Gasteiger partial charge in [0.2, 0.25) is 17.7 Å². The number of aromatic nitrogens is 6. The summed E-state index contributed by atoms with van der Waals surface area (Å²) in [7, 11) is 1.46. The number of nitrogens with zero attached hydrogens (tertiary/aromatic N) is 5. The second-order valence-corrected chi connectivity index (χ2v) is 21.3. The largest absolute Gasteiger partial charge is 0.481 e. The second kappa shape index (κ2) is 25.3. The lowest BCUT2D eigenvalue weighted by Gasteiger charge is -2.05. The van der Waals surface area contributed by atoms with Gasteiger partial charge in [0.1, 0.15) is 0 Å². The Morgan fingerprint density at radius 1 is 0.618 bits per heavy atom. The summed E-state index contributed by atoms with van der Waals surface area (Å²) in [4.78, 5) is 33.1. The topological polar surface area (TPSA) is 221 Å². The molecular formula is C44H42Cl6N6O9S3. The Morgan fingerprint density at radius 2 is 1.04 bits per heavy atom. The molecule has 0 amide bonds. The maximum Gasteiger partial charge on any atom is 0.308 e. The zero-order valence-electron chi connectivity index (χ0n) is 36.0. The molecule has 3 aromatic heterocycles. The zero-order valence-corrected chi connectivity index (χ0v) is 43.0. The second-order valence-electron chi connectivity index (χ2n) is 15.9. The van der Waals surface area contributed by atoms with Crippen LogP contribution >= 0.6 is 105 Å². The molecule has 0 bridgehead atoms. The summed E-state index contributed by atoms with van der Waals surface area (Å²) in [5.74, 6) is -0.111. The van der Waals surface area contributed by atoms with Crippen molar-refractivity contribution in [1.29, 1.82) is 0 Å². The third-order valence-corrected chi connectivity index (χ3v) is 15.0. The molecule has 3 aliphatic rings. The van der Waals surface area contributed by atoms with Gasteiger partial charge in [-0.05, 0) is 131 Å². The van der Waals surface area contributed by atoms with Gasteiger partial charge in [-0.25, -0.2) is 5.10 Å². The third kappa shape index (κ3) is 15.3. The molecule has 3 saturated carbocycles. The van der Waals surface area contributed by atoms with Crippen LogP contribution in [0, 0.1) is 28.5 Å². The maximum absolute atomic E-state index is 11.0. The predicted octanol–water partition coefficient (Wildman–Crippen LogP) is 14.1. The summed E-state index contributed by atoms with van der Waals surface area (Å²) in [5.41, 5.74) is 1.91. The van der Waals surface area contributed by atoms with Crippen molar-refractivity contribution >= 4 is 123 Å². The summed E-state index contributed by atoms with van der Waals surface area (Å²) in [6.07, 6.45) is 7.52. The first-order chi connectivity index (χ1) is 32.5. The van der Waals surface area contributed by atoms with E-state index in [0.717, 1.165) is 25.7 Å². The summed E-state index contributed by atoms with van der Waals surface area (Å²) in [6, 6.07) is 15.1. The number of rotatable bonds is 10. The molecule has 362 valence electrons. The van der Waals surface area contributed by atoms with Crippen LogP contribution in [0.3, 0.4) is 0 Å². The van der Waals surface area contributed by atoms with E-state index < -0.39 is 11.9 Å². The average Bonchev–Trinajstić information content (AvgIpc) is 4.16. The molecule has 68 heavy (non-hydrogen) atoms. The number of methoxy groups -OCH3 is 1. The Hall–Kier alpha value is -3.85. The number of carboxylic acids is 2. The number of thioether (sulfide) groups is 2. The number of hydrogen-bond acceptors (Lipinski definition) is 15. The Kier molecular flexibility index (Phi) is 19.9. The van der Waals surface area contributed by atoms with Crippen LogP contribution in [-0.2, 0) is 19.1 Å². The Bertz CT molecular complexity index is 2640. The van der Waals surface area contributed by atoms with Crippen molar-refractivity contribution < 1.29 is 42.6 Å². The minimum Gasteiger partial charge on any atom is -0.481 e. The number of carboxylic acid groups (broad SMARTS) is 2. The van der Waals surface area contributed by atoms with E-state index in [1.807, 2.05) is 0 Å². The molecule has 3 N–H and O–H groups in total. The van der Waals surface area contributed by atoms with Crippen molar-refractivity contribution in [2.75, 3.05) is 7.11 Å². The Labute approximate surface area is 433 Å². The summed E-state index contributed by atoms with van der Waals surface area (Å²) in [6.45, 7) is 2.18. The third-order valence-electron chi connectivity index (χ3n) is 11.0. The number of nitrogens with one attached hydrogen (secondary N) is 1. The molecule has 15 nitrogen and oxygen atoms in total. The van der Waals surface area contributed by atoms with Crippen LogP contribution in [0.5, 0.6) is 0 Å². The van der Waals surface area contributed by atoms with Crippen LogP contribution in [0.25, 0.3) is 34.4 Å². The molecule has 3 heterocycles.